The molecule has 0 amide bonds. The molecule has 0 aliphatic heterocycles. The Morgan fingerprint density at radius 2 is 2.38 bits per heavy atom. The molecule has 1 heterocycles. The van der Waals surface area contributed by atoms with Crippen LogP contribution in [0.1, 0.15) is 17.3 Å². The van der Waals surface area contributed by atoms with E-state index in [4.69, 9.17) is 17.3 Å². The first-order valence-electron chi connectivity index (χ1n) is 3.89. The summed E-state index contributed by atoms with van der Waals surface area (Å²) in [6.07, 6.45) is 0. The van der Waals surface area contributed by atoms with Crippen molar-refractivity contribution in [2.45, 2.75) is 13.0 Å². The predicted molar refractivity (Wildman–Crippen MR) is 52.3 cm³/mol. The van der Waals surface area contributed by atoms with E-state index >= 15 is 0 Å². The summed E-state index contributed by atoms with van der Waals surface area (Å²) in [5, 5.41) is 10.9. The highest BCUT2D eigenvalue weighted by Crippen LogP contribution is 2.16. The summed E-state index contributed by atoms with van der Waals surface area (Å²) in [5.41, 5.74) is 8.75. The van der Waals surface area contributed by atoms with Crippen molar-refractivity contribution in [3.05, 3.63) is 33.8 Å². The van der Waals surface area contributed by atoms with Crippen LogP contribution in [0.25, 0.3) is 0 Å². The third kappa shape index (κ3) is 2.38. The fourth-order valence-electron chi connectivity index (χ4n) is 1.09. The maximum absolute atomic E-state index is 10.5. The minimum atomic E-state index is -0.473. The van der Waals surface area contributed by atoms with E-state index in [0.717, 1.165) is 5.56 Å². The molecule has 0 bridgehead atoms. The summed E-state index contributed by atoms with van der Waals surface area (Å²) in [7, 11) is 0. The summed E-state index contributed by atoms with van der Waals surface area (Å²) in [5.74, 6) is 0. The van der Waals surface area contributed by atoms with Gasteiger partial charge in [-0.05, 0) is 18.6 Å². The first-order valence-corrected chi connectivity index (χ1v) is 4.27. The zero-order valence-electron chi connectivity index (χ0n) is 7.25. The van der Waals surface area contributed by atoms with Crippen LogP contribution in [0, 0.1) is 12.1 Å². The molecule has 0 radical (unpaired) electrons. The van der Waals surface area contributed by atoms with Crippen LogP contribution in [0.15, 0.2) is 12.1 Å². The quantitative estimate of drug-likeness (QED) is 0.567. The highest BCUT2D eigenvalue weighted by Gasteiger charge is 2.09. The van der Waals surface area contributed by atoms with Gasteiger partial charge in [0.1, 0.15) is 5.15 Å². The average molecular weight is 201 g/mol. The Balaban J connectivity index is 3.03. The number of hydroxylamine groups is 1. The van der Waals surface area contributed by atoms with Gasteiger partial charge in [0.2, 0.25) is 0 Å². The number of aromatic nitrogens is 1. The van der Waals surface area contributed by atoms with Gasteiger partial charge in [-0.15, -0.1) is 0 Å². The Morgan fingerprint density at radius 1 is 1.69 bits per heavy atom. The number of hydrogen-bond acceptors (Lipinski definition) is 4. The Kier molecular flexibility index (Phi) is 3.62. The molecule has 5 heteroatoms. The van der Waals surface area contributed by atoms with Crippen LogP contribution < -0.4 is 11.2 Å². The first kappa shape index (κ1) is 10.4. The van der Waals surface area contributed by atoms with E-state index in [1.807, 2.05) is 18.5 Å². The maximum Gasteiger partial charge on any atom is 0.129 e. The predicted octanol–water partition coefficient (Wildman–Crippen LogP) is 1.13. The van der Waals surface area contributed by atoms with Crippen molar-refractivity contribution in [2.75, 3.05) is 6.54 Å². The molecule has 1 aromatic rings. The third-order valence-corrected chi connectivity index (χ3v) is 2.02. The van der Waals surface area contributed by atoms with Gasteiger partial charge in [0.15, 0.2) is 0 Å². The molecular formula is C8H11ClN3O-. The number of hydrogen-bond donors (Lipinski definition) is 2. The van der Waals surface area contributed by atoms with E-state index in [9.17, 15) is 5.21 Å². The lowest BCUT2D eigenvalue weighted by atomic mass is 10.1. The molecule has 4 nitrogen and oxygen atoms in total. The summed E-state index contributed by atoms with van der Waals surface area (Å²) >= 11 is 5.69. The fourth-order valence-corrected chi connectivity index (χ4v) is 1.24. The maximum atomic E-state index is 10.5. The second kappa shape index (κ2) is 4.53. The number of rotatable bonds is 3. The summed E-state index contributed by atoms with van der Waals surface area (Å²) in [6.45, 7) is 2.07. The Bertz CT molecular complexity index is 289. The average Bonchev–Trinajstić information content (AvgIpc) is 2.13. The van der Waals surface area contributed by atoms with Gasteiger partial charge in [-0.1, -0.05) is 17.7 Å². The Labute approximate surface area is 81.7 Å². The van der Waals surface area contributed by atoms with Gasteiger partial charge in [0, 0.05) is 6.54 Å². The number of pyridine rings is 1. The molecule has 1 unspecified atom stereocenters. The molecule has 0 aromatic carbocycles. The van der Waals surface area contributed by atoms with Gasteiger partial charge in [-0.2, -0.15) is 0 Å². The Morgan fingerprint density at radius 3 is 2.92 bits per heavy atom. The van der Waals surface area contributed by atoms with Crippen molar-refractivity contribution in [3.8, 4) is 0 Å². The molecule has 1 aromatic heterocycles. The third-order valence-electron chi connectivity index (χ3n) is 1.81. The normalized spacial score (nSPS) is 12.9. The number of nitrogens with one attached hydrogen (secondary N) is 1. The van der Waals surface area contributed by atoms with E-state index in [1.165, 1.54) is 0 Å². The molecule has 1 atom stereocenters. The molecule has 0 fully saturated rings. The van der Waals surface area contributed by atoms with E-state index in [-0.39, 0.29) is 6.54 Å². The molecule has 1 rings (SSSR count). The van der Waals surface area contributed by atoms with Gasteiger partial charge in [0.25, 0.3) is 0 Å². The van der Waals surface area contributed by atoms with Crippen molar-refractivity contribution in [2.24, 2.45) is 5.73 Å². The lowest BCUT2D eigenvalue weighted by molar-refractivity contribution is 0.612. The van der Waals surface area contributed by atoms with Crippen LogP contribution in [-0.4, -0.2) is 11.5 Å². The van der Waals surface area contributed by atoms with Gasteiger partial charge in [-0.25, -0.2) is 4.98 Å². The molecular weight excluding hydrogens is 190 g/mol. The minimum absolute atomic E-state index is 0.206. The SMILES string of the molecule is Cc1ccc(Cl)nc1C(CN)N[O-]. The van der Waals surface area contributed by atoms with E-state index < -0.39 is 6.04 Å². The van der Waals surface area contributed by atoms with E-state index in [0.29, 0.717) is 10.8 Å². The number of nitrogens with two attached hydrogens (primary N) is 1. The molecule has 0 aliphatic carbocycles. The van der Waals surface area contributed by atoms with Crippen molar-refractivity contribution in [1.29, 1.82) is 0 Å². The number of halogens is 1. The van der Waals surface area contributed by atoms with Crippen LogP contribution in [0.5, 0.6) is 0 Å². The van der Waals surface area contributed by atoms with Crippen LogP contribution >= 0.6 is 11.6 Å². The van der Waals surface area contributed by atoms with Crippen LogP contribution in [0.3, 0.4) is 0 Å². The highest BCUT2D eigenvalue weighted by molar-refractivity contribution is 6.29. The lowest BCUT2D eigenvalue weighted by Gasteiger charge is -2.21. The van der Waals surface area contributed by atoms with E-state index in [2.05, 4.69) is 4.98 Å². The van der Waals surface area contributed by atoms with Crippen LogP contribution in [-0.2, 0) is 0 Å². The minimum Gasteiger partial charge on any atom is -0.787 e. The molecule has 0 spiro atoms. The molecule has 72 valence electrons. The largest absolute Gasteiger partial charge is 0.787 e. The second-order valence-corrected chi connectivity index (χ2v) is 3.13. The zero-order chi connectivity index (χ0) is 9.84. The highest BCUT2D eigenvalue weighted by atomic mass is 35.5. The fraction of sp³-hybridized carbons (Fsp3) is 0.375. The number of aryl methyl sites for hydroxylation is 1. The van der Waals surface area contributed by atoms with Crippen LogP contribution in [0.4, 0.5) is 0 Å². The molecule has 0 saturated carbocycles. The molecule has 0 saturated heterocycles. The summed E-state index contributed by atoms with van der Waals surface area (Å²) in [6, 6.07) is 3.02. The lowest BCUT2D eigenvalue weighted by Crippen LogP contribution is -2.25. The summed E-state index contributed by atoms with van der Waals surface area (Å²) < 4.78 is 0. The topological polar surface area (TPSA) is 74.0 Å². The van der Waals surface area contributed by atoms with Gasteiger partial charge >= 0.3 is 0 Å². The second-order valence-electron chi connectivity index (χ2n) is 2.74. The molecule has 13 heavy (non-hydrogen) atoms. The van der Waals surface area contributed by atoms with Gasteiger partial charge in [0.05, 0.1) is 11.7 Å². The van der Waals surface area contributed by atoms with Crippen molar-refractivity contribution in [3.63, 3.8) is 0 Å². The van der Waals surface area contributed by atoms with Crippen molar-refractivity contribution in [1.82, 2.24) is 10.5 Å². The zero-order valence-corrected chi connectivity index (χ0v) is 8.01. The van der Waals surface area contributed by atoms with Crippen molar-refractivity contribution >= 4 is 11.6 Å². The van der Waals surface area contributed by atoms with Gasteiger partial charge < -0.3 is 16.4 Å². The smallest absolute Gasteiger partial charge is 0.129 e. The molecule has 3 N–H and O–H groups in total. The standard InChI is InChI=1S/C8H11ClN3O/c1-5-2-3-7(9)11-8(5)6(4-10)12-13/h2-3,6,12H,4,10H2,1H3/q-1. The van der Waals surface area contributed by atoms with E-state index in [1.54, 1.807) is 6.07 Å². The van der Waals surface area contributed by atoms with Gasteiger partial charge in [-0.3, -0.25) is 0 Å². The monoisotopic (exact) mass is 200 g/mol. The summed E-state index contributed by atoms with van der Waals surface area (Å²) in [4.78, 5) is 4.04. The molecule has 0 aliphatic rings. The van der Waals surface area contributed by atoms with Crippen molar-refractivity contribution < 1.29 is 0 Å². The first-order chi connectivity index (χ1) is 6.19. The van der Waals surface area contributed by atoms with Crippen LogP contribution in [0.2, 0.25) is 5.15 Å². The Hall–Kier alpha value is -0.680. The number of nitrogens with zero attached hydrogens (tertiary/aromatic N) is 1.